The number of aryl methyl sites for hydroxylation is 2. The Kier molecular flexibility index (Phi) is 3.33. The van der Waals surface area contributed by atoms with Gasteiger partial charge in [0.05, 0.1) is 19.6 Å². The van der Waals surface area contributed by atoms with Crippen molar-refractivity contribution in [1.29, 1.82) is 0 Å². The van der Waals surface area contributed by atoms with Gasteiger partial charge in [0, 0.05) is 0 Å². The number of hydroxylamine groups is 2. The van der Waals surface area contributed by atoms with Gasteiger partial charge >= 0.3 is 0 Å². The van der Waals surface area contributed by atoms with Gasteiger partial charge < -0.3 is 0 Å². The van der Waals surface area contributed by atoms with E-state index in [0.717, 1.165) is 24.9 Å². The van der Waals surface area contributed by atoms with Gasteiger partial charge in [0.2, 0.25) is 0 Å². The molecule has 0 aromatic heterocycles. The molecule has 0 bridgehead atoms. The van der Waals surface area contributed by atoms with Crippen molar-refractivity contribution < 1.29 is 9.63 Å². The Bertz CT molecular complexity index is 450. The van der Waals surface area contributed by atoms with Gasteiger partial charge in [-0.25, -0.2) is 5.06 Å². The Morgan fingerprint density at radius 2 is 2.00 bits per heavy atom. The van der Waals surface area contributed by atoms with Crippen LogP contribution in [0.25, 0.3) is 0 Å². The molecule has 1 fully saturated rings. The lowest BCUT2D eigenvalue weighted by Gasteiger charge is -2.18. The van der Waals surface area contributed by atoms with E-state index in [1.165, 1.54) is 35.5 Å². The van der Waals surface area contributed by atoms with Gasteiger partial charge in [0.1, 0.15) is 0 Å². The van der Waals surface area contributed by atoms with Crippen LogP contribution in [-0.4, -0.2) is 24.1 Å². The second-order valence-electron chi connectivity index (χ2n) is 5.17. The van der Waals surface area contributed by atoms with Gasteiger partial charge in [-0.05, 0) is 48.8 Å². The first-order chi connectivity index (χ1) is 8.83. The standard InChI is InChI=1S/C15H19NO2/c17-15(16-8-3-9-18-16)11-12-6-7-13-4-1-2-5-14(13)10-12/h6-7,10H,1-5,8-9,11H2. The van der Waals surface area contributed by atoms with Crippen molar-refractivity contribution in [1.82, 2.24) is 5.06 Å². The Balaban J connectivity index is 1.70. The zero-order chi connectivity index (χ0) is 12.4. The molecule has 1 heterocycles. The van der Waals surface area contributed by atoms with Crippen molar-refractivity contribution in [2.45, 2.75) is 38.5 Å². The van der Waals surface area contributed by atoms with E-state index < -0.39 is 0 Å². The minimum absolute atomic E-state index is 0.0864. The van der Waals surface area contributed by atoms with Crippen LogP contribution in [0.3, 0.4) is 0 Å². The molecular weight excluding hydrogens is 226 g/mol. The van der Waals surface area contributed by atoms with Crippen molar-refractivity contribution >= 4 is 5.91 Å². The number of carbonyl (C=O) groups is 1. The second-order valence-corrected chi connectivity index (χ2v) is 5.17. The highest BCUT2D eigenvalue weighted by molar-refractivity contribution is 5.78. The zero-order valence-electron chi connectivity index (χ0n) is 10.7. The van der Waals surface area contributed by atoms with Gasteiger partial charge in [0.25, 0.3) is 5.91 Å². The van der Waals surface area contributed by atoms with Crippen LogP contribution in [-0.2, 0) is 28.9 Å². The zero-order valence-corrected chi connectivity index (χ0v) is 10.7. The predicted molar refractivity (Wildman–Crippen MR) is 69.1 cm³/mol. The number of amides is 1. The van der Waals surface area contributed by atoms with E-state index >= 15 is 0 Å². The van der Waals surface area contributed by atoms with Crippen LogP contribution < -0.4 is 0 Å². The maximum Gasteiger partial charge on any atom is 0.250 e. The van der Waals surface area contributed by atoms with Gasteiger partial charge in [0.15, 0.2) is 0 Å². The first-order valence-corrected chi connectivity index (χ1v) is 6.87. The third-order valence-electron chi connectivity index (χ3n) is 3.80. The quantitative estimate of drug-likeness (QED) is 0.800. The summed E-state index contributed by atoms with van der Waals surface area (Å²) in [6.07, 6.45) is 6.35. The molecule has 3 heteroatoms. The Morgan fingerprint density at radius 1 is 1.17 bits per heavy atom. The molecule has 1 aromatic carbocycles. The molecule has 0 unspecified atom stereocenters. The van der Waals surface area contributed by atoms with Crippen molar-refractivity contribution in [2.24, 2.45) is 0 Å². The molecular formula is C15H19NO2. The maximum absolute atomic E-state index is 12.0. The summed E-state index contributed by atoms with van der Waals surface area (Å²) in [5.74, 6) is 0.0864. The van der Waals surface area contributed by atoms with E-state index in [1.807, 2.05) is 0 Å². The number of carbonyl (C=O) groups excluding carboxylic acids is 1. The lowest BCUT2D eigenvalue weighted by molar-refractivity contribution is -0.167. The van der Waals surface area contributed by atoms with Crippen LogP contribution in [0.1, 0.15) is 36.0 Å². The normalized spacial score (nSPS) is 18.8. The van der Waals surface area contributed by atoms with Crippen molar-refractivity contribution in [2.75, 3.05) is 13.2 Å². The SMILES string of the molecule is O=C(Cc1ccc2c(c1)CCCC2)N1CCCO1. The highest BCUT2D eigenvalue weighted by atomic mass is 16.7. The summed E-state index contributed by atoms with van der Waals surface area (Å²) in [6, 6.07) is 6.50. The van der Waals surface area contributed by atoms with Gasteiger partial charge in [-0.1, -0.05) is 18.2 Å². The largest absolute Gasteiger partial charge is 0.272 e. The molecule has 3 rings (SSSR count). The van der Waals surface area contributed by atoms with E-state index in [2.05, 4.69) is 18.2 Å². The summed E-state index contributed by atoms with van der Waals surface area (Å²) >= 11 is 0. The fraction of sp³-hybridized carbons (Fsp3) is 0.533. The fourth-order valence-electron chi connectivity index (χ4n) is 2.80. The number of nitrogens with zero attached hydrogens (tertiary/aromatic N) is 1. The van der Waals surface area contributed by atoms with Crippen LogP contribution in [0.4, 0.5) is 0 Å². The predicted octanol–water partition coefficient (Wildman–Crippen LogP) is 2.27. The summed E-state index contributed by atoms with van der Waals surface area (Å²) in [7, 11) is 0. The van der Waals surface area contributed by atoms with Gasteiger partial charge in [-0.2, -0.15) is 0 Å². The highest BCUT2D eigenvalue weighted by Gasteiger charge is 2.20. The van der Waals surface area contributed by atoms with E-state index in [-0.39, 0.29) is 5.91 Å². The first kappa shape index (κ1) is 11.7. The number of fused-ring (bicyclic) bond motifs is 1. The molecule has 0 radical (unpaired) electrons. The molecule has 0 spiro atoms. The van der Waals surface area contributed by atoms with E-state index in [9.17, 15) is 4.79 Å². The average Bonchev–Trinajstić information content (AvgIpc) is 2.92. The van der Waals surface area contributed by atoms with E-state index in [1.54, 1.807) is 0 Å². The number of hydrogen-bond acceptors (Lipinski definition) is 2. The van der Waals surface area contributed by atoms with Gasteiger partial charge in [-0.3, -0.25) is 9.63 Å². The number of benzene rings is 1. The third kappa shape index (κ3) is 2.41. The van der Waals surface area contributed by atoms with Crippen LogP contribution in [0.2, 0.25) is 0 Å². The summed E-state index contributed by atoms with van der Waals surface area (Å²) in [6.45, 7) is 1.42. The van der Waals surface area contributed by atoms with Crippen LogP contribution in [0.5, 0.6) is 0 Å². The van der Waals surface area contributed by atoms with E-state index in [4.69, 9.17) is 4.84 Å². The second kappa shape index (κ2) is 5.11. The van der Waals surface area contributed by atoms with Crippen molar-refractivity contribution in [3.63, 3.8) is 0 Å². The molecule has 1 aliphatic heterocycles. The van der Waals surface area contributed by atoms with Crippen LogP contribution in [0, 0.1) is 0 Å². The Morgan fingerprint density at radius 3 is 2.78 bits per heavy atom. The molecule has 0 N–H and O–H groups in total. The first-order valence-electron chi connectivity index (χ1n) is 6.87. The minimum Gasteiger partial charge on any atom is -0.272 e. The molecule has 1 saturated heterocycles. The smallest absolute Gasteiger partial charge is 0.250 e. The molecule has 96 valence electrons. The van der Waals surface area contributed by atoms with E-state index in [0.29, 0.717) is 13.0 Å². The molecule has 1 aromatic rings. The molecule has 18 heavy (non-hydrogen) atoms. The third-order valence-corrected chi connectivity index (χ3v) is 3.80. The summed E-state index contributed by atoms with van der Waals surface area (Å²) in [4.78, 5) is 17.3. The minimum atomic E-state index is 0.0864. The topological polar surface area (TPSA) is 29.5 Å². The van der Waals surface area contributed by atoms with Crippen molar-refractivity contribution in [3.8, 4) is 0 Å². The summed E-state index contributed by atoms with van der Waals surface area (Å²) < 4.78 is 0. The molecule has 2 aliphatic rings. The molecule has 0 atom stereocenters. The summed E-state index contributed by atoms with van der Waals surface area (Å²) in [5, 5.41) is 1.51. The maximum atomic E-state index is 12.0. The average molecular weight is 245 g/mol. The fourth-order valence-corrected chi connectivity index (χ4v) is 2.80. The Hall–Kier alpha value is -1.35. The van der Waals surface area contributed by atoms with Gasteiger partial charge in [-0.15, -0.1) is 0 Å². The highest BCUT2D eigenvalue weighted by Crippen LogP contribution is 2.22. The molecule has 3 nitrogen and oxygen atoms in total. The number of rotatable bonds is 2. The lowest BCUT2D eigenvalue weighted by Crippen LogP contribution is -2.28. The Labute approximate surface area is 108 Å². The van der Waals surface area contributed by atoms with Crippen molar-refractivity contribution in [3.05, 3.63) is 34.9 Å². The number of hydrogen-bond donors (Lipinski definition) is 0. The molecule has 1 aliphatic carbocycles. The summed E-state index contributed by atoms with van der Waals surface area (Å²) in [5.41, 5.74) is 4.03. The van der Waals surface area contributed by atoms with Crippen LogP contribution >= 0.6 is 0 Å². The molecule has 1 amide bonds. The monoisotopic (exact) mass is 245 g/mol. The van der Waals surface area contributed by atoms with Crippen LogP contribution in [0.15, 0.2) is 18.2 Å². The lowest BCUT2D eigenvalue weighted by atomic mass is 9.90. The molecule has 0 saturated carbocycles.